The molecule has 0 aliphatic heterocycles. The third kappa shape index (κ3) is 28.2. The first-order valence-electron chi connectivity index (χ1n) is 22.8. The van der Waals surface area contributed by atoms with Crippen LogP contribution in [-0.2, 0) is 27.9 Å². The molecule has 0 aromatic rings. The van der Waals surface area contributed by atoms with Crippen LogP contribution in [0, 0.1) is 0 Å². The third-order valence-electron chi connectivity index (χ3n) is 10.5. The largest absolute Gasteiger partial charge is 0.472 e. The van der Waals surface area contributed by atoms with Crippen LogP contribution in [0.1, 0.15) is 181 Å². The molecule has 0 radical (unpaired) electrons. The van der Waals surface area contributed by atoms with Crippen LogP contribution in [0.5, 0.6) is 0 Å². The number of phosphoric acid groups is 1. The molecule has 0 aromatic carbocycles. The van der Waals surface area contributed by atoms with Gasteiger partial charge in [-0.05, 0) is 51.4 Å². The van der Waals surface area contributed by atoms with E-state index >= 15 is 0 Å². The molecule has 0 bridgehead atoms. The summed E-state index contributed by atoms with van der Waals surface area (Å²) in [4.78, 5) is 23.1. The molecule has 0 heterocycles. The quantitative estimate of drug-likeness (QED) is 0.0150. The first-order chi connectivity index (χ1) is 28.0. The molecule has 1 fully saturated rings. The van der Waals surface area contributed by atoms with Gasteiger partial charge in [0.05, 0.1) is 13.2 Å². The Labute approximate surface area is 351 Å². The van der Waals surface area contributed by atoms with E-state index in [-0.39, 0.29) is 13.0 Å². The van der Waals surface area contributed by atoms with E-state index in [4.69, 9.17) is 18.5 Å². The summed E-state index contributed by atoms with van der Waals surface area (Å²) in [5.41, 5.74) is 0. The van der Waals surface area contributed by atoms with Gasteiger partial charge >= 0.3 is 13.8 Å². The standard InChI is InChI=1S/C45H83O12P/c1-3-5-7-9-11-13-14-15-16-17-18-19-20-21-22-23-24-25-26-27-28-30-32-34-39(46)56-38(36-54-35-33-31-29-12-10-8-6-4-2)37-55-58(52,53)57-45-43(50)41(48)40(47)42(49)44(45)51/h14-15,17-18,20-21,38,40-45,47-51H,3-13,16,19,22-37H2,1-2H3,(H,52,53)/b15-14-,18-17-,21-20-. The molecule has 0 saturated heterocycles. The van der Waals surface area contributed by atoms with Crippen LogP contribution in [0.25, 0.3) is 0 Å². The Bertz CT molecular complexity index is 1100. The normalized spacial score (nSPS) is 23.0. The van der Waals surface area contributed by atoms with E-state index in [1.165, 1.54) is 89.9 Å². The predicted molar refractivity (Wildman–Crippen MR) is 230 cm³/mol. The summed E-state index contributed by atoms with van der Waals surface area (Å²) in [6.07, 6.45) is 29.5. The number of allylic oxidation sites excluding steroid dienone is 6. The summed E-state index contributed by atoms with van der Waals surface area (Å²) < 4.78 is 34.0. The first kappa shape index (κ1) is 54.6. The highest BCUT2D eigenvalue weighted by Crippen LogP contribution is 2.47. The number of carbonyl (C=O) groups excluding carboxylic acids is 1. The van der Waals surface area contributed by atoms with E-state index in [0.717, 1.165) is 64.2 Å². The fourth-order valence-electron chi connectivity index (χ4n) is 6.83. The smallest absolute Gasteiger partial charge is 0.457 e. The van der Waals surface area contributed by atoms with Crippen LogP contribution in [-0.4, -0.2) is 98.9 Å². The highest BCUT2D eigenvalue weighted by molar-refractivity contribution is 7.47. The zero-order valence-electron chi connectivity index (χ0n) is 36.1. The van der Waals surface area contributed by atoms with E-state index < -0.39 is 63.1 Å². The molecule has 13 heteroatoms. The summed E-state index contributed by atoms with van der Waals surface area (Å²) in [6.45, 7) is 4.20. The van der Waals surface area contributed by atoms with Crippen LogP contribution in [0.15, 0.2) is 36.5 Å². The lowest BCUT2D eigenvalue weighted by Crippen LogP contribution is -2.64. The fourth-order valence-corrected chi connectivity index (χ4v) is 7.81. The van der Waals surface area contributed by atoms with Crippen LogP contribution >= 0.6 is 7.82 Å². The number of unbranched alkanes of at least 4 members (excludes halogenated alkanes) is 20. The number of hydrogen-bond acceptors (Lipinski definition) is 11. The Hall–Kier alpha value is -1.44. The number of aliphatic hydroxyl groups is 5. The van der Waals surface area contributed by atoms with Crippen LogP contribution in [0.3, 0.4) is 0 Å². The van der Waals surface area contributed by atoms with E-state index in [0.29, 0.717) is 13.0 Å². The molecule has 340 valence electrons. The van der Waals surface area contributed by atoms with Gasteiger partial charge in [-0.3, -0.25) is 13.8 Å². The van der Waals surface area contributed by atoms with Crippen LogP contribution in [0.4, 0.5) is 0 Å². The lowest BCUT2D eigenvalue weighted by atomic mass is 9.85. The SMILES string of the molecule is CCCCCCC/C=C\C/C=C\C/C=C\CCCCCCCCCCC(=O)OC(COCCCCCCCCCC)COP(=O)(O)OC1C(O)C(O)C(O)C(O)C1O. The van der Waals surface area contributed by atoms with Crippen molar-refractivity contribution in [2.45, 2.75) is 224 Å². The molecule has 0 aromatic heterocycles. The Kier molecular flexibility index (Phi) is 34.1. The number of rotatable bonds is 38. The average molecular weight is 847 g/mol. The van der Waals surface area contributed by atoms with Crippen molar-refractivity contribution >= 4 is 13.8 Å². The summed E-state index contributed by atoms with van der Waals surface area (Å²) in [5, 5.41) is 50.0. The molecule has 6 N–H and O–H groups in total. The zero-order valence-corrected chi connectivity index (χ0v) is 37.0. The van der Waals surface area contributed by atoms with Crippen molar-refractivity contribution in [3.63, 3.8) is 0 Å². The first-order valence-corrected chi connectivity index (χ1v) is 24.3. The van der Waals surface area contributed by atoms with Gasteiger partial charge in [0.2, 0.25) is 0 Å². The molecule has 58 heavy (non-hydrogen) atoms. The van der Waals surface area contributed by atoms with Crippen molar-refractivity contribution in [1.29, 1.82) is 0 Å². The maximum absolute atomic E-state index is 12.8. The minimum absolute atomic E-state index is 0.0788. The number of esters is 1. The highest BCUT2D eigenvalue weighted by Gasteiger charge is 2.51. The second kappa shape index (κ2) is 36.2. The van der Waals surface area contributed by atoms with Gasteiger partial charge < -0.3 is 39.9 Å². The van der Waals surface area contributed by atoms with Gasteiger partial charge in [0, 0.05) is 13.0 Å². The molecule has 6 atom stereocenters. The van der Waals surface area contributed by atoms with E-state index in [9.17, 15) is 39.8 Å². The molecular weight excluding hydrogens is 763 g/mol. The Balaban J connectivity index is 2.31. The molecule has 1 aliphatic rings. The topological polar surface area (TPSA) is 192 Å². The fraction of sp³-hybridized carbons (Fsp3) is 0.844. The molecular formula is C45H83O12P. The minimum atomic E-state index is -5.01. The number of aliphatic hydroxyl groups excluding tert-OH is 5. The molecule has 1 saturated carbocycles. The van der Waals surface area contributed by atoms with Crippen LogP contribution in [0.2, 0.25) is 0 Å². The number of hydrogen-bond donors (Lipinski definition) is 6. The van der Waals surface area contributed by atoms with Crippen molar-refractivity contribution in [3.05, 3.63) is 36.5 Å². The van der Waals surface area contributed by atoms with Gasteiger partial charge in [-0.15, -0.1) is 0 Å². The van der Waals surface area contributed by atoms with Crippen LogP contribution < -0.4 is 0 Å². The number of phosphoric ester groups is 1. The maximum Gasteiger partial charge on any atom is 0.472 e. The molecule has 12 nitrogen and oxygen atoms in total. The summed E-state index contributed by atoms with van der Waals surface area (Å²) in [6, 6.07) is 0. The van der Waals surface area contributed by atoms with Gasteiger partial charge in [-0.25, -0.2) is 4.57 Å². The zero-order chi connectivity index (χ0) is 42.7. The van der Waals surface area contributed by atoms with Gasteiger partial charge in [0.1, 0.15) is 42.7 Å². The summed E-state index contributed by atoms with van der Waals surface area (Å²) in [7, 11) is -5.01. The monoisotopic (exact) mass is 847 g/mol. The Morgan fingerprint density at radius 2 is 0.966 bits per heavy atom. The number of carbonyl (C=O) groups is 1. The molecule has 1 aliphatic carbocycles. The highest BCUT2D eigenvalue weighted by atomic mass is 31.2. The molecule has 0 spiro atoms. The predicted octanol–water partition coefficient (Wildman–Crippen LogP) is 9.09. The molecule has 0 amide bonds. The van der Waals surface area contributed by atoms with Crippen molar-refractivity contribution in [3.8, 4) is 0 Å². The summed E-state index contributed by atoms with van der Waals surface area (Å²) >= 11 is 0. The second-order valence-electron chi connectivity index (χ2n) is 15.9. The Morgan fingerprint density at radius 3 is 1.47 bits per heavy atom. The van der Waals surface area contributed by atoms with Crippen molar-refractivity contribution in [2.24, 2.45) is 0 Å². The van der Waals surface area contributed by atoms with Crippen molar-refractivity contribution in [1.82, 2.24) is 0 Å². The molecule has 1 rings (SSSR count). The lowest BCUT2D eigenvalue weighted by Gasteiger charge is -2.41. The molecule has 6 unspecified atom stereocenters. The maximum atomic E-state index is 12.8. The van der Waals surface area contributed by atoms with E-state index in [2.05, 4.69) is 50.3 Å². The third-order valence-corrected chi connectivity index (χ3v) is 11.5. The second-order valence-corrected chi connectivity index (χ2v) is 17.3. The average Bonchev–Trinajstić information content (AvgIpc) is 3.21. The van der Waals surface area contributed by atoms with E-state index in [1.807, 2.05) is 0 Å². The van der Waals surface area contributed by atoms with Gasteiger partial charge in [0.15, 0.2) is 0 Å². The van der Waals surface area contributed by atoms with Crippen molar-refractivity contribution in [2.75, 3.05) is 19.8 Å². The Morgan fingerprint density at radius 1 is 0.552 bits per heavy atom. The van der Waals surface area contributed by atoms with Crippen molar-refractivity contribution < 1.29 is 58.3 Å². The van der Waals surface area contributed by atoms with Gasteiger partial charge in [0.25, 0.3) is 0 Å². The van der Waals surface area contributed by atoms with Gasteiger partial charge in [-0.1, -0.05) is 159 Å². The van der Waals surface area contributed by atoms with Gasteiger partial charge in [-0.2, -0.15) is 0 Å². The number of ether oxygens (including phenoxy) is 2. The lowest BCUT2D eigenvalue weighted by molar-refractivity contribution is -0.220. The minimum Gasteiger partial charge on any atom is -0.457 e. The summed E-state index contributed by atoms with van der Waals surface area (Å²) in [5.74, 6) is -0.486. The van der Waals surface area contributed by atoms with E-state index in [1.54, 1.807) is 0 Å².